The zero-order chi connectivity index (χ0) is 21.8. The van der Waals surface area contributed by atoms with Gasteiger partial charge in [-0.05, 0) is 55.3 Å². The van der Waals surface area contributed by atoms with Gasteiger partial charge in [-0.1, -0.05) is 54.6 Å². The highest BCUT2D eigenvalue weighted by Crippen LogP contribution is 2.40. The fourth-order valence-electron chi connectivity index (χ4n) is 4.77. The van der Waals surface area contributed by atoms with Crippen LogP contribution in [-0.4, -0.2) is 37.7 Å². The molecule has 0 amide bonds. The van der Waals surface area contributed by atoms with Crippen LogP contribution in [0.1, 0.15) is 24.0 Å². The second-order valence-corrected chi connectivity index (χ2v) is 8.46. The lowest BCUT2D eigenvalue weighted by Crippen LogP contribution is -2.38. The lowest BCUT2D eigenvalue weighted by atomic mass is 10.1. The number of fused-ring (bicyclic) bond motifs is 2. The van der Waals surface area contributed by atoms with Crippen LogP contribution < -0.4 is 14.4 Å². The predicted molar refractivity (Wildman–Crippen MR) is 131 cm³/mol. The topological polar surface area (TPSA) is 24.9 Å². The van der Waals surface area contributed by atoms with Gasteiger partial charge in [-0.15, -0.1) is 0 Å². The first-order valence-electron chi connectivity index (χ1n) is 11.4. The number of methoxy groups -OCH3 is 1. The zero-order valence-corrected chi connectivity index (χ0v) is 18.6. The molecular formula is C28H30N2O2. The lowest BCUT2D eigenvalue weighted by molar-refractivity contribution is 0.285. The van der Waals surface area contributed by atoms with Gasteiger partial charge in [0.05, 0.1) is 12.8 Å². The van der Waals surface area contributed by atoms with Crippen LogP contribution in [0.25, 0.3) is 6.08 Å². The first kappa shape index (κ1) is 20.7. The van der Waals surface area contributed by atoms with Crippen molar-refractivity contribution in [1.29, 1.82) is 0 Å². The molecule has 0 radical (unpaired) electrons. The summed E-state index contributed by atoms with van der Waals surface area (Å²) in [6, 6.07) is 25.8. The molecule has 1 unspecified atom stereocenters. The Bertz CT molecular complexity index is 1030. The van der Waals surface area contributed by atoms with Gasteiger partial charge < -0.3 is 14.4 Å². The summed E-state index contributed by atoms with van der Waals surface area (Å²) in [4.78, 5) is 5.07. The Morgan fingerprint density at radius 3 is 2.59 bits per heavy atom. The van der Waals surface area contributed by atoms with Gasteiger partial charge >= 0.3 is 0 Å². The molecule has 2 heterocycles. The Labute approximate surface area is 190 Å². The van der Waals surface area contributed by atoms with E-state index in [1.807, 2.05) is 12.1 Å². The molecule has 0 bridgehead atoms. The molecule has 4 nitrogen and oxygen atoms in total. The van der Waals surface area contributed by atoms with Gasteiger partial charge in [0, 0.05) is 30.4 Å². The molecule has 5 rings (SSSR count). The van der Waals surface area contributed by atoms with Crippen molar-refractivity contribution in [3.63, 3.8) is 0 Å². The van der Waals surface area contributed by atoms with E-state index >= 15 is 0 Å². The van der Waals surface area contributed by atoms with Crippen LogP contribution >= 0.6 is 0 Å². The van der Waals surface area contributed by atoms with E-state index in [9.17, 15) is 0 Å². The summed E-state index contributed by atoms with van der Waals surface area (Å²) in [6.45, 7) is 3.69. The van der Waals surface area contributed by atoms with E-state index in [1.165, 1.54) is 29.7 Å². The highest BCUT2D eigenvalue weighted by atomic mass is 16.5. The maximum absolute atomic E-state index is 6.15. The average Bonchev–Trinajstić information content (AvgIpc) is 3.22. The summed E-state index contributed by atoms with van der Waals surface area (Å²) in [5.41, 5.74) is 4.87. The molecular weight excluding hydrogens is 396 g/mol. The molecule has 32 heavy (non-hydrogen) atoms. The van der Waals surface area contributed by atoms with Gasteiger partial charge in [0.25, 0.3) is 0 Å². The minimum absolute atomic E-state index is 0.509. The minimum atomic E-state index is 0.509. The smallest absolute Gasteiger partial charge is 0.143 e. The van der Waals surface area contributed by atoms with E-state index in [-0.39, 0.29) is 0 Å². The van der Waals surface area contributed by atoms with Crippen molar-refractivity contribution >= 4 is 17.5 Å². The molecule has 4 heteroatoms. The Balaban J connectivity index is 1.33. The summed E-state index contributed by atoms with van der Waals surface area (Å²) in [5.74, 6) is 1.86. The maximum atomic E-state index is 6.15. The van der Waals surface area contributed by atoms with Crippen LogP contribution in [-0.2, 0) is 6.61 Å². The minimum Gasteiger partial charge on any atom is -0.497 e. The van der Waals surface area contributed by atoms with E-state index in [4.69, 9.17) is 9.47 Å². The number of rotatable bonds is 6. The molecule has 3 aromatic rings. The van der Waals surface area contributed by atoms with Crippen molar-refractivity contribution < 1.29 is 9.47 Å². The number of likely N-dealkylation sites (tertiary alicyclic amines) is 1. The third kappa shape index (κ3) is 4.37. The highest BCUT2D eigenvalue weighted by molar-refractivity contribution is 5.72. The van der Waals surface area contributed by atoms with Crippen molar-refractivity contribution in [2.45, 2.75) is 25.5 Å². The molecule has 2 aliphatic rings. The maximum Gasteiger partial charge on any atom is 0.143 e. The van der Waals surface area contributed by atoms with Crippen molar-refractivity contribution in [3.05, 3.63) is 90.0 Å². The number of hydrogen-bond donors (Lipinski definition) is 0. The Morgan fingerprint density at radius 1 is 0.969 bits per heavy atom. The van der Waals surface area contributed by atoms with E-state index in [0.29, 0.717) is 12.6 Å². The number of para-hydroxylation sites is 3. The highest BCUT2D eigenvalue weighted by Gasteiger charge is 2.29. The molecule has 0 saturated carbocycles. The number of benzene rings is 3. The van der Waals surface area contributed by atoms with Crippen LogP contribution in [0.5, 0.6) is 11.5 Å². The Morgan fingerprint density at radius 2 is 1.75 bits per heavy atom. The molecule has 1 fully saturated rings. The number of ether oxygens (including phenoxy) is 2. The summed E-state index contributed by atoms with van der Waals surface area (Å²) >= 11 is 0. The first-order chi connectivity index (χ1) is 15.8. The monoisotopic (exact) mass is 426 g/mol. The number of hydrogen-bond acceptors (Lipinski definition) is 4. The Kier molecular flexibility index (Phi) is 6.13. The van der Waals surface area contributed by atoms with Gasteiger partial charge in [-0.2, -0.15) is 0 Å². The zero-order valence-electron chi connectivity index (χ0n) is 18.6. The average molecular weight is 427 g/mol. The van der Waals surface area contributed by atoms with E-state index < -0.39 is 0 Å². The lowest BCUT2D eigenvalue weighted by Gasteiger charge is -2.32. The van der Waals surface area contributed by atoms with E-state index in [2.05, 4.69) is 82.6 Å². The molecule has 164 valence electrons. The normalized spacial score (nSPS) is 18.2. The van der Waals surface area contributed by atoms with Crippen molar-refractivity contribution in [1.82, 2.24) is 4.90 Å². The Hall–Kier alpha value is -3.24. The summed E-state index contributed by atoms with van der Waals surface area (Å²) in [6.07, 6.45) is 6.96. The van der Waals surface area contributed by atoms with Crippen molar-refractivity contribution in [2.75, 3.05) is 31.6 Å². The first-order valence-corrected chi connectivity index (χ1v) is 11.4. The molecule has 0 spiro atoms. The second-order valence-electron chi connectivity index (χ2n) is 8.46. The molecule has 0 aliphatic carbocycles. The van der Waals surface area contributed by atoms with Crippen molar-refractivity contribution in [2.24, 2.45) is 0 Å². The summed E-state index contributed by atoms with van der Waals surface area (Å²) in [5, 5.41) is 0. The van der Waals surface area contributed by atoms with Crippen LogP contribution in [0, 0.1) is 0 Å². The molecule has 0 aromatic heterocycles. The van der Waals surface area contributed by atoms with Crippen LogP contribution in [0.4, 0.5) is 11.4 Å². The van der Waals surface area contributed by atoms with Gasteiger partial charge in [0.1, 0.15) is 18.1 Å². The fraction of sp³-hybridized carbons (Fsp3) is 0.286. The van der Waals surface area contributed by atoms with Gasteiger partial charge in [0.15, 0.2) is 0 Å². The number of nitrogens with zero attached hydrogens (tertiary/aromatic N) is 2. The van der Waals surface area contributed by atoms with Gasteiger partial charge in [-0.3, -0.25) is 4.90 Å². The third-order valence-corrected chi connectivity index (χ3v) is 6.48. The standard InChI is InChI=1S/C28H30N2O2/c1-31-25-16-14-22(15-17-25)8-6-18-29-19-7-10-24(29)20-30-26-11-3-2-9-23(26)21-32-28-13-5-4-12-27(28)30/h2-6,8-9,11-17,24H,7,10,18-21H2,1H3. The third-order valence-electron chi connectivity index (χ3n) is 6.48. The van der Waals surface area contributed by atoms with E-state index in [1.54, 1.807) is 7.11 Å². The SMILES string of the molecule is COc1ccc(C=CCN2CCCC2CN2c3ccccc3COc3ccccc32)cc1. The van der Waals surface area contributed by atoms with Crippen molar-refractivity contribution in [3.8, 4) is 11.5 Å². The number of anilines is 2. The van der Waals surface area contributed by atoms with Crippen LogP contribution in [0.3, 0.4) is 0 Å². The van der Waals surface area contributed by atoms with E-state index in [0.717, 1.165) is 36.8 Å². The predicted octanol–water partition coefficient (Wildman–Crippen LogP) is 5.90. The summed E-state index contributed by atoms with van der Waals surface area (Å²) in [7, 11) is 1.70. The van der Waals surface area contributed by atoms with Gasteiger partial charge in [-0.25, -0.2) is 0 Å². The molecule has 0 N–H and O–H groups in total. The largest absolute Gasteiger partial charge is 0.497 e. The van der Waals surface area contributed by atoms with Gasteiger partial charge in [0.2, 0.25) is 0 Å². The molecule has 1 atom stereocenters. The molecule has 2 aliphatic heterocycles. The molecule has 3 aromatic carbocycles. The quantitative estimate of drug-likeness (QED) is 0.490. The summed E-state index contributed by atoms with van der Waals surface area (Å²) < 4.78 is 11.4. The van der Waals surface area contributed by atoms with Crippen LogP contribution in [0.15, 0.2) is 78.9 Å². The fourth-order valence-corrected chi connectivity index (χ4v) is 4.77. The molecule has 1 saturated heterocycles. The van der Waals surface area contributed by atoms with Crippen LogP contribution in [0.2, 0.25) is 0 Å². The second kappa shape index (κ2) is 9.49.